The molecule has 4 rings (SSSR count). The Balaban J connectivity index is 1.37. The van der Waals surface area contributed by atoms with Crippen molar-refractivity contribution < 1.29 is 14.3 Å². The van der Waals surface area contributed by atoms with Gasteiger partial charge in [-0.25, -0.2) is 4.79 Å². The molecule has 3 amide bonds. The van der Waals surface area contributed by atoms with Gasteiger partial charge in [0.05, 0.1) is 11.5 Å². The van der Waals surface area contributed by atoms with Gasteiger partial charge < -0.3 is 19.9 Å². The quantitative estimate of drug-likeness (QED) is 0.756. The topological polar surface area (TPSA) is 61.9 Å². The van der Waals surface area contributed by atoms with E-state index in [1.165, 1.54) is 0 Å². The predicted molar refractivity (Wildman–Crippen MR) is 125 cm³/mol. The van der Waals surface area contributed by atoms with Crippen molar-refractivity contribution in [2.24, 2.45) is 0 Å². The molecule has 2 fully saturated rings. The van der Waals surface area contributed by atoms with Gasteiger partial charge in [-0.15, -0.1) is 11.8 Å². The van der Waals surface area contributed by atoms with E-state index < -0.39 is 0 Å². The summed E-state index contributed by atoms with van der Waals surface area (Å²) in [5, 5.41) is 2.97. The second-order valence-corrected chi connectivity index (χ2v) is 9.45. The van der Waals surface area contributed by atoms with Crippen molar-refractivity contribution in [2.45, 2.75) is 31.6 Å². The third-order valence-corrected chi connectivity index (χ3v) is 7.49. The van der Waals surface area contributed by atoms with E-state index in [1.54, 1.807) is 0 Å². The number of thioether (sulfide) groups is 1. The number of rotatable bonds is 4. The van der Waals surface area contributed by atoms with Crippen molar-refractivity contribution in [3.05, 3.63) is 59.7 Å². The fourth-order valence-corrected chi connectivity index (χ4v) is 5.76. The first kappa shape index (κ1) is 21.6. The molecule has 0 unspecified atom stereocenters. The van der Waals surface area contributed by atoms with Crippen LogP contribution in [0, 0.1) is 6.92 Å². The van der Waals surface area contributed by atoms with Gasteiger partial charge in [-0.3, -0.25) is 4.79 Å². The van der Waals surface area contributed by atoms with E-state index in [2.05, 4.69) is 5.32 Å². The molecule has 0 bridgehead atoms. The van der Waals surface area contributed by atoms with Crippen LogP contribution in [0.4, 0.5) is 10.5 Å². The van der Waals surface area contributed by atoms with Crippen LogP contribution < -0.4 is 10.1 Å². The van der Waals surface area contributed by atoms with Gasteiger partial charge >= 0.3 is 6.03 Å². The smallest absolute Gasteiger partial charge is 0.321 e. The zero-order valence-electron chi connectivity index (χ0n) is 18.1. The van der Waals surface area contributed by atoms with E-state index in [9.17, 15) is 9.59 Å². The molecule has 1 spiro atoms. The Bertz CT molecular complexity index is 939. The number of urea groups is 1. The van der Waals surface area contributed by atoms with Crippen molar-refractivity contribution in [1.29, 1.82) is 0 Å². The van der Waals surface area contributed by atoms with Crippen molar-refractivity contribution >= 4 is 29.4 Å². The van der Waals surface area contributed by atoms with Crippen LogP contribution in [0.3, 0.4) is 0 Å². The van der Waals surface area contributed by atoms with Crippen LogP contribution in [0.25, 0.3) is 0 Å². The second kappa shape index (κ2) is 9.22. The van der Waals surface area contributed by atoms with Crippen molar-refractivity contribution in [3.8, 4) is 5.75 Å². The largest absolute Gasteiger partial charge is 0.494 e. The van der Waals surface area contributed by atoms with Gasteiger partial charge in [0, 0.05) is 36.6 Å². The summed E-state index contributed by atoms with van der Waals surface area (Å²) in [6, 6.07) is 15.1. The van der Waals surface area contributed by atoms with Crippen LogP contribution in [-0.4, -0.2) is 58.6 Å². The summed E-state index contributed by atoms with van der Waals surface area (Å²) in [7, 11) is 0. The standard InChI is InChI=1S/C24H29N3O3S/c1-3-30-21-9-7-20(8-10-21)25-23(29)26-13-11-24(12-14-26)27(15-16-31-24)22(28)19-6-4-5-18(2)17-19/h4-10,17H,3,11-16H2,1-2H3,(H,25,29). The highest BCUT2D eigenvalue weighted by molar-refractivity contribution is 8.00. The Morgan fingerprint density at radius 2 is 1.84 bits per heavy atom. The number of piperidine rings is 1. The van der Waals surface area contributed by atoms with Gasteiger partial charge in [0.15, 0.2) is 0 Å². The van der Waals surface area contributed by atoms with Crippen LogP contribution in [-0.2, 0) is 0 Å². The van der Waals surface area contributed by atoms with Gasteiger partial charge in [-0.2, -0.15) is 0 Å². The Labute approximate surface area is 187 Å². The number of nitrogens with one attached hydrogen (secondary N) is 1. The van der Waals surface area contributed by atoms with Crippen LogP contribution in [0.15, 0.2) is 48.5 Å². The van der Waals surface area contributed by atoms with Gasteiger partial charge in [0.25, 0.3) is 5.91 Å². The Morgan fingerprint density at radius 1 is 1.10 bits per heavy atom. The fourth-order valence-electron chi connectivity index (χ4n) is 4.31. The summed E-state index contributed by atoms with van der Waals surface area (Å²) in [5.74, 6) is 1.83. The first-order valence-corrected chi connectivity index (χ1v) is 11.8. The first-order chi connectivity index (χ1) is 15.0. The number of carbonyl (C=O) groups is 2. The zero-order chi connectivity index (χ0) is 21.8. The summed E-state index contributed by atoms with van der Waals surface area (Å²) in [6.07, 6.45) is 1.57. The molecule has 2 aliphatic heterocycles. The molecular weight excluding hydrogens is 410 g/mol. The zero-order valence-corrected chi connectivity index (χ0v) is 18.9. The van der Waals surface area contributed by atoms with E-state index >= 15 is 0 Å². The van der Waals surface area contributed by atoms with E-state index in [4.69, 9.17) is 4.74 Å². The van der Waals surface area contributed by atoms with Crippen LogP contribution in [0.2, 0.25) is 0 Å². The fraction of sp³-hybridized carbons (Fsp3) is 0.417. The van der Waals surface area contributed by atoms with Crippen LogP contribution in [0.1, 0.15) is 35.7 Å². The number of aryl methyl sites for hydroxylation is 1. The third-order valence-electron chi connectivity index (χ3n) is 5.94. The van der Waals surface area contributed by atoms with Crippen LogP contribution in [0.5, 0.6) is 5.75 Å². The number of ether oxygens (including phenoxy) is 1. The number of hydrogen-bond donors (Lipinski definition) is 1. The van der Waals surface area contributed by atoms with Gasteiger partial charge in [-0.1, -0.05) is 17.7 Å². The minimum absolute atomic E-state index is 0.0981. The summed E-state index contributed by atoms with van der Waals surface area (Å²) in [4.78, 5) is 29.6. The second-order valence-electron chi connectivity index (χ2n) is 8.00. The van der Waals surface area contributed by atoms with E-state index in [1.807, 2.05) is 83.9 Å². The number of carbonyl (C=O) groups excluding carboxylic acids is 2. The molecular formula is C24H29N3O3S. The van der Waals surface area contributed by atoms with Crippen molar-refractivity contribution in [1.82, 2.24) is 9.80 Å². The molecule has 2 saturated heterocycles. The SMILES string of the molecule is CCOc1ccc(NC(=O)N2CCC3(CC2)SCCN3C(=O)c2cccc(C)c2)cc1. The average Bonchev–Trinajstić information content (AvgIpc) is 3.18. The van der Waals surface area contributed by atoms with Gasteiger partial charge in [-0.05, 0) is 63.1 Å². The number of benzene rings is 2. The predicted octanol–water partition coefficient (Wildman–Crippen LogP) is 4.61. The van der Waals surface area contributed by atoms with Gasteiger partial charge in [0.2, 0.25) is 0 Å². The molecule has 164 valence electrons. The van der Waals surface area contributed by atoms with Gasteiger partial charge in [0.1, 0.15) is 5.75 Å². The monoisotopic (exact) mass is 439 g/mol. The lowest BCUT2D eigenvalue weighted by atomic mass is 10.0. The highest BCUT2D eigenvalue weighted by atomic mass is 32.2. The highest BCUT2D eigenvalue weighted by Gasteiger charge is 2.47. The highest BCUT2D eigenvalue weighted by Crippen LogP contribution is 2.44. The maximum atomic E-state index is 13.2. The lowest BCUT2D eigenvalue weighted by molar-refractivity contribution is 0.0585. The van der Waals surface area contributed by atoms with E-state index in [0.717, 1.165) is 47.7 Å². The molecule has 2 heterocycles. The number of amides is 3. The Kier molecular flexibility index (Phi) is 6.41. The molecule has 0 saturated carbocycles. The summed E-state index contributed by atoms with van der Waals surface area (Å²) < 4.78 is 5.45. The summed E-state index contributed by atoms with van der Waals surface area (Å²) >= 11 is 1.86. The van der Waals surface area contributed by atoms with Crippen LogP contribution >= 0.6 is 11.8 Å². The van der Waals surface area contributed by atoms with Crippen molar-refractivity contribution in [2.75, 3.05) is 37.3 Å². The molecule has 1 N–H and O–H groups in total. The number of hydrogen-bond acceptors (Lipinski definition) is 4. The summed E-state index contributed by atoms with van der Waals surface area (Å²) in [5.41, 5.74) is 2.59. The minimum atomic E-state index is -0.212. The Hall–Kier alpha value is -2.67. The molecule has 2 aromatic carbocycles. The normalized spacial score (nSPS) is 17.6. The molecule has 0 radical (unpaired) electrons. The molecule has 7 heteroatoms. The number of likely N-dealkylation sites (tertiary alicyclic amines) is 1. The van der Waals surface area contributed by atoms with Crippen molar-refractivity contribution in [3.63, 3.8) is 0 Å². The summed E-state index contributed by atoms with van der Waals surface area (Å²) in [6.45, 7) is 6.59. The molecule has 0 aromatic heterocycles. The number of nitrogens with zero attached hydrogens (tertiary/aromatic N) is 2. The maximum absolute atomic E-state index is 13.2. The lowest BCUT2D eigenvalue weighted by Gasteiger charge is -2.44. The average molecular weight is 440 g/mol. The molecule has 0 atom stereocenters. The van der Waals surface area contributed by atoms with E-state index in [0.29, 0.717) is 19.7 Å². The molecule has 2 aliphatic rings. The molecule has 6 nitrogen and oxygen atoms in total. The third kappa shape index (κ3) is 4.66. The number of anilines is 1. The minimum Gasteiger partial charge on any atom is -0.494 e. The lowest BCUT2D eigenvalue weighted by Crippen LogP contribution is -2.54. The first-order valence-electron chi connectivity index (χ1n) is 10.8. The molecule has 31 heavy (non-hydrogen) atoms. The molecule has 2 aromatic rings. The molecule has 0 aliphatic carbocycles. The Morgan fingerprint density at radius 3 is 2.52 bits per heavy atom. The van der Waals surface area contributed by atoms with E-state index in [-0.39, 0.29) is 16.8 Å². The maximum Gasteiger partial charge on any atom is 0.321 e.